The fourth-order valence-electron chi connectivity index (χ4n) is 3.42. The molecule has 4 rings (SSSR count). The third-order valence-electron chi connectivity index (χ3n) is 5.14. The number of hydrogen-bond donors (Lipinski definition) is 3. The van der Waals surface area contributed by atoms with Crippen molar-refractivity contribution >= 4 is 44.3 Å². The molecule has 3 aromatic rings. The number of nitrogens with zero attached hydrogens (tertiary/aromatic N) is 2. The molecule has 3 aromatic carbocycles. The number of aliphatic imine (C=N–C) groups is 1. The molecule has 1 aliphatic rings. The monoisotopic (exact) mass is 500 g/mol. The molecule has 3 N–H and O–H groups in total. The molecule has 0 bridgehead atoms. The van der Waals surface area contributed by atoms with Gasteiger partial charge in [0, 0.05) is 11.9 Å². The Hall–Kier alpha value is -3.56. The predicted octanol–water partition coefficient (Wildman–Crippen LogP) is 5.22. The number of anilines is 3. The molecule has 0 aromatic heterocycles. The summed E-state index contributed by atoms with van der Waals surface area (Å²) in [6.07, 6.45) is 2.38. The molecule has 0 amide bonds. The van der Waals surface area contributed by atoms with Gasteiger partial charge in [-0.05, 0) is 54.6 Å². The lowest BCUT2D eigenvalue weighted by atomic mass is 10.2. The number of amidine groups is 1. The number of phenols is 1. The highest BCUT2D eigenvalue weighted by atomic mass is 35.5. The molecule has 0 radical (unpaired) electrons. The second-order valence-corrected chi connectivity index (χ2v) is 10.1. The minimum Gasteiger partial charge on any atom is -0.508 e. The van der Waals surface area contributed by atoms with Crippen molar-refractivity contribution < 1.29 is 17.9 Å². The summed E-state index contributed by atoms with van der Waals surface area (Å²) in [6.45, 7) is 1.58. The van der Waals surface area contributed by atoms with Gasteiger partial charge in [-0.2, -0.15) is 0 Å². The first-order valence-corrected chi connectivity index (χ1v) is 12.4. The fraction of sp³-hybridized carbons (Fsp3) is 0.125. The third-order valence-corrected chi connectivity index (χ3v) is 7.23. The van der Waals surface area contributed by atoms with Gasteiger partial charge in [0.25, 0.3) is 0 Å². The van der Waals surface area contributed by atoms with Crippen LogP contribution < -0.4 is 15.5 Å². The molecule has 1 aliphatic heterocycles. The van der Waals surface area contributed by atoms with Gasteiger partial charge in [0.05, 0.1) is 27.0 Å². The van der Waals surface area contributed by atoms with Crippen molar-refractivity contribution in [3.63, 3.8) is 0 Å². The van der Waals surface area contributed by atoms with Crippen LogP contribution in [-0.2, 0) is 9.84 Å². The average molecular weight is 501 g/mol. The molecular weight excluding hydrogens is 479 g/mol. The van der Waals surface area contributed by atoms with Crippen LogP contribution >= 0.6 is 11.6 Å². The average Bonchev–Trinajstić information content (AvgIpc) is 2.82. The van der Waals surface area contributed by atoms with Crippen LogP contribution in [0.2, 0.25) is 5.02 Å². The number of aromatic hydroxyl groups is 1. The van der Waals surface area contributed by atoms with Crippen LogP contribution in [0.4, 0.5) is 21.5 Å². The molecule has 1 unspecified atom stereocenters. The smallest absolute Gasteiger partial charge is 0.202 e. The largest absolute Gasteiger partial charge is 0.508 e. The zero-order valence-electron chi connectivity index (χ0n) is 18.1. The summed E-state index contributed by atoms with van der Waals surface area (Å²) in [5, 5.41) is 16.0. The molecule has 34 heavy (non-hydrogen) atoms. The van der Waals surface area contributed by atoms with E-state index in [-0.39, 0.29) is 27.1 Å². The van der Waals surface area contributed by atoms with Crippen molar-refractivity contribution in [1.82, 2.24) is 0 Å². The van der Waals surface area contributed by atoms with Crippen LogP contribution in [0.3, 0.4) is 0 Å². The second-order valence-electron chi connectivity index (χ2n) is 7.40. The Kier molecular flexibility index (Phi) is 6.76. The van der Waals surface area contributed by atoms with E-state index in [2.05, 4.69) is 15.6 Å². The number of nitrogens with one attached hydrogen (secondary N) is 2. The first-order valence-electron chi connectivity index (χ1n) is 10.4. The lowest BCUT2D eigenvalue weighted by Gasteiger charge is -2.33. The highest BCUT2D eigenvalue weighted by molar-refractivity contribution is 7.91. The van der Waals surface area contributed by atoms with E-state index in [0.29, 0.717) is 17.2 Å². The first-order chi connectivity index (χ1) is 16.3. The summed E-state index contributed by atoms with van der Waals surface area (Å²) in [6, 6.07) is 17.3. The molecule has 0 spiro atoms. The highest BCUT2D eigenvalue weighted by Gasteiger charge is 2.26. The molecular formula is C24H22ClFN4O3S. The maximum Gasteiger partial charge on any atom is 0.202 e. The number of hydrogen-bond acceptors (Lipinski definition) is 7. The van der Waals surface area contributed by atoms with Gasteiger partial charge in [-0.25, -0.2) is 17.8 Å². The summed E-state index contributed by atoms with van der Waals surface area (Å²) in [5.41, 5.74) is 1.13. The van der Waals surface area contributed by atoms with Gasteiger partial charge in [0.15, 0.2) is 9.84 Å². The number of benzene rings is 3. The molecule has 7 nitrogen and oxygen atoms in total. The molecule has 0 saturated heterocycles. The van der Waals surface area contributed by atoms with E-state index in [1.807, 2.05) is 0 Å². The van der Waals surface area contributed by atoms with E-state index in [1.165, 1.54) is 35.2 Å². The second kappa shape index (κ2) is 9.74. The van der Waals surface area contributed by atoms with Crippen LogP contribution in [-0.4, -0.2) is 31.4 Å². The summed E-state index contributed by atoms with van der Waals surface area (Å²) in [5.74, 6) is -0.111. The topological polar surface area (TPSA) is 94.0 Å². The van der Waals surface area contributed by atoms with Crippen LogP contribution in [0, 0.1) is 5.82 Å². The first kappa shape index (κ1) is 23.6. The Balaban J connectivity index is 1.71. The van der Waals surface area contributed by atoms with Crippen LogP contribution in [0.1, 0.15) is 6.92 Å². The zero-order valence-corrected chi connectivity index (χ0v) is 19.7. The maximum atomic E-state index is 14.7. The summed E-state index contributed by atoms with van der Waals surface area (Å²) >= 11 is 6.30. The van der Waals surface area contributed by atoms with Gasteiger partial charge in [-0.15, -0.1) is 0 Å². The number of sulfone groups is 1. The number of rotatable bonds is 6. The van der Waals surface area contributed by atoms with Crippen molar-refractivity contribution in [2.45, 2.75) is 18.1 Å². The quantitative estimate of drug-likeness (QED) is 0.402. The maximum absolute atomic E-state index is 14.7. The van der Waals surface area contributed by atoms with Gasteiger partial charge < -0.3 is 20.6 Å². The highest BCUT2D eigenvalue weighted by Crippen LogP contribution is 2.33. The van der Waals surface area contributed by atoms with Crippen molar-refractivity contribution in [3.8, 4) is 5.75 Å². The standard InChI is InChI=1S/C24H22ClFN4O3S/c1-2-34(32,33)21-9-4-3-8-20(21)28-22-14-15-30(23-18(25)6-5-7-19(23)26)24(29-22)27-16-10-12-17(31)13-11-16/h3-15,24,27,31H,2H2,1H3,(H,28,29). The van der Waals surface area contributed by atoms with E-state index in [9.17, 15) is 17.9 Å². The minimum atomic E-state index is -3.47. The van der Waals surface area contributed by atoms with E-state index in [0.717, 1.165) is 0 Å². The molecule has 0 saturated carbocycles. The van der Waals surface area contributed by atoms with E-state index >= 15 is 0 Å². The lowest BCUT2D eigenvalue weighted by molar-refractivity contribution is 0.475. The van der Waals surface area contributed by atoms with E-state index < -0.39 is 21.9 Å². The van der Waals surface area contributed by atoms with Crippen molar-refractivity contribution in [1.29, 1.82) is 0 Å². The Morgan fingerprint density at radius 1 is 1.09 bits per heavy atom. The number of halogens is 2. The van der Waals surface area contributed by atoms with Gasteiger partial charge in [-0.1, -0.05) is 36.7 Å². The normalized spacial score (nSPS) is 15.7. The van der Waals surface area contributed by atoms with Crippen molar-refractivity contribution in [3.05, 3.63) is 89.8 Å². The Morgan fingerprint density at radius 3 is 2.53 bits per heavy atom. The van der Waals surface area contributed by atoms with Crippen LogP contribution in [0.15, 0.2) is 88.9 Å². The molecule has 0 aliphatic carbocycles. The summed E-state index contributed by atoms with van der Waals surface area (Å²) < 4.78 is 39.7. The lowest BCUT2D eigenvalue weighted by Crippen LogP contribution is -2.40. The minimum absolute atomic E-state index is 0.0431. The fourth-order valence-corrected chi connectivity index (χ4v) is 4.73. The van der Waals surface area contributed by atoms with E-state index in [1.54, 1.807) is 55.6 Å². The molecule has 1 heterocycles. The summed E-state index contributed by atoms with van der Waals surface area (Å²) in [7, 11) is -3.47. The van der Waals surface area contributed by atoms with Gasteiger partial charge >= 0.3 is 0 Å². The Labute approximate surface area is 202 Å². The van der Waals surface area contributed by atoms with Gasteiger partial charge in [0.1, 0.15) is 17.4 Å². The third kappa shape index (κ3) is 5.00. The number of para-hydroxylation sites is 2. The Bertz CT molecular complexity index is 1340. The van der Waals surface area contributed by atoms with Crippen molar-refractivity contribution in [2.75, 3.05) is 21.3 Å². The predicted molar refractivity (Wildman–Crippen MR) is 134 cm³/mol. The van der Waals surface area contributed by atoms with Crippen LogP contribution in [0.5, 0.6) is 5.75 Å². The SMILES string of the molecule is CCS(=O)(=O)c1ccccc1NC1=NC(Nc2ccc(O)cc2)N(c2c(F)cccc2Cl)C=C1. The molecule has 176 valence electrons. The van der Waals surface area contributed by atoms with Crippen molar-refractivity contribution in [2.24, 2.45) is 4.99 Å². The zero-order chi connectivity index (χ0) is 24.3. The molecule has 0 fully saturated rings. The molecule has 1 atom stereocenters. The van der Waals surface area contributed by atoms with Gasteiger partial charge in [0.2, 0.25) is 6.29 Å². The number of phenolic OH excluding ortho intramolecular Hbond substituents is 1. The molecule has 10 heteroatoms. The summed E-state index contributed by atoms with van der Waals surface area (Å²) in [4.78, 5) is 6.33. The van der Waals surface area contributed by atoms with E-state index in [4.69, 9.17) is 11.6 Å². The van der Waals surface area contributed by atoms with Gasteiger partial charge in [-0.3, -0.25) is 0 Å². The van der Waals surface area contributed by atoms with Crippen LogP contribution in [0.25, 0.3) is 0 Å². The Morgan fingerprint density at radius 2 is 1.82 bits per heavy atom.